The highest BCUT2D eigenvalue weighted by Crippen LogP contribution is 2.30. The molecule has 1 atom stereocenters. The van der Waals surface area contributed by atoms with Crippen molar-refractivity contribution in [3.63, 3.8) is 0 Å². The first-order valence-electron chi connectivity index (χ1n) is 6.46. The van der Waals surface area contributed by atoms with Gasteiger partial charge in [0.1, 0.15) is 9.84 Å². The number of hydrogen-bond acceptors (Lipinski definition) is 4. The van der Waals surface area contributed by atoms with E-state index in [0.717, 1.165) is 6.54 Å². The highest BCUT2D eigenvalue weighted by atomic mass is 32.2. The summed E-state index contributed by atoms with van der Waals surface area (Å²) >= 11 is 1.81. The van der Waals surface area contributed by atoms with E-state index in [1.165, 1.54) is 16.0 Å². The Labute approximate surface area is 121 Å². The summed E-state index contributed by atoms with van der Waals surface area (Å²) in [5, 5.41) is 0. The molecule has 19 heavy (non-hydrogen) atoms. The van der Waals surface area contributed by atoms with Crippen molar-refractivity contribution in [1.29, 1.82) is 0 Å². The average Bonchev–Trinajstić information content (AvgIpc) is 2.62. The fraction of sp³-hybridized carbons (Fsp3) is 0.714. The molecule has 1 rings (SSSR count). The maximum Gasteiger partial charge on any atom is 0.148 e. The molecule has 1 aromatic heterocycles. The van der Waals surface area contributed by atoms with Gasteiger partial charge < -0.3 is 0 Å². The molecule has 110 valence electrons. The van der Waals surface area contributed by atoms with Crippen LogP contribution in [0, 0.1) is 0 Å². The Hall–Kier alpha value is -0.390. The average molecular weight is 303 g/mol. The molecule has 0 aliphatic rings. The summed E-state index contributed by atoms with van der Waals surface area (Å²) in [5.41, 5.74) is 0.180. The zero-order valence-corrected chi connectivity index (χ0v) is 14.4. The lowest BCUT2D eigenvalue weighted by Gasteiger charge is -2.23. The molecule has 0 amide bonds. The van der Waals surface area contributed by atoms with Gasteiger partial charge in [0.15, 0.2) is 0 Å². The highest BCUT2D eigenvalue weighted by Gasteiger charge is 2.19. The summed E-state index contributed by atoms with van der Waals surface area (Å²) in [7, 11) is -0.938. The van der Waals surface area contributed by atoms with E-state index in [-0.39, 0.29) is 17.2 Å². The van der Waals surface area contributed by atoms with Crippen LogP contribution in [0.3, 0.4) is 0 Å². The van der Waals surface area contributed by atoms with Crippen molar-refractivity contribution in [3.05, 3.63) is 21.9 Å². The Kier molecular flexibility index (Phi) is 5.21. The van der Waals surface area contributed by atoms with Crippen LogP contribution in [0.1, 0.15) is 37.4 Å². The fourth-order valence-electron chi connectivity index (χ4n) is 1.83. The van der Waals surface area contributed by atoms with Crippen LogP contribution >= 0.6 is 11.3 Å². The van der Waals surface area contributed by atoms with E-state index < -0.39 is 9.84 Å². The van der Waals surface area contributed by atoms with Gasteiger partial charge in [-0.3, -0.25) is 4.90 Å². The second-order valence-electron chi connectivity index (χ2n) is 6.37. The van der Waals surface area contributed by atoms with Crippen LogP contribution in [0.25, 0.3) is 0 Å². The van der Waals surface area contributed by atoms with Gasteiger partial charge in [-0.05, 0) is 31.5 Å². The van der Waals surface area contributed by atoms with Crippen LogP contribution in [0.2, 0.25) is 0 Å². The molecule has 0 saturated heterocycles. The SMILES string of the molecule is C[C@@H](CS(C)(=O)=O)N(C)Cc1ccc(C(C)(C)C)s1. The Morgan fingerprint density at radius 2 is 1.89 bits per heavy atom. The van der Waals surface area contributed by atoms with Crippen molar-refractivity contribution < 1.29 is 8.42 Å². The summed E-state index contributed by atoms with van der Waals surface area (Å²) in [6, 6.07) is 4.36. The molecule has 3 nitrogen and oxygen atoms in total. The smallest absolute Gasteiger partial charge is 0.148 e. The second kappa shape index (κ2) is 5.94. The first-order valence-corrected chi connectivity index (χ1v) is 9.34. The second-order valence-corrected chi connectivity index (χ2v) is 9.73. The Bertz CT molecular complexity index is 512. The molecule has 0 N–H and O–H groups in total. The van der Waals surface area contributed by atoms with E-state index in [0.29, 0.717) is 0 Å². The largest absolute Gasteiger partial charge is 0.298 e. The molecular formula is C14H25NO2S2. The molecule has 1 aromatic rings. The minimum atomic E-state index is -2.92. The molecule has 0 unspecified atom stereocenters. The van der Waals surface area contributed by atoms with Crippen LogP contribution in [0.15, 0.2) is 12.1 Å². The van der Waals surface area contributed by atoms with E-state index in [4.69, 9.17) is 0 Å². The Balaban J connectivity index is 2.67. The topological polar surface area (TPSA) is 37.4 Å². The number of nitrogens with zero attached hydrogens (tertiary/aromatic N) is 1. The van der Waals surface area contributed by atoms with E-state index in [9.17, 15) is 8.42 Å². The van der Waals surface area contributed by atoms with Crippen molar-refractivity contribution >= 4 is 21.2 Å². The molecule has 1 heterocycles. The summed E-state index contributed by atoms with van der Waals surface area (Å²) in [4.78, 5) is 4.75. The lowest BCUT2D eigenvalue weighted by atomic mass is 9.95. The van der Waals surface area contributed by atoms with Crippen LogP contribution in [-0.4, -0.2) is 38.4 Å². The zero-order valence-electron chi connectivity index (χ0n) is 12.7. The van der Waals surface area contributed by atoms with Crippen molar-refractivity contribution in [2.45, 2.75) is 45.7 Å². The van der Waals surface area contributed by atoms with Gasteiger partial charge in [-0.1, -0.05) is 20.8 Å². The first-order chi connectivity index (χ1) is 8.49. The predicted molar refractivity (Wildman–Crippen MR) is 83.7 cm³/mol. The van der Waals surface area contributed by atoms with Crippen LogP contribution in [-0.2, 0) is 21.8 Å². The third-order valence-corrected chi connectivity index (χ3v) is 5.69. The first kappa shape index (κ1) is 16.7. The van der Waals surface area contributed by atoms with Gasteiger partial charge in [0.25, 0.3) is 0 Å². The van der Waals surface area contributed by atoms with Crippen molar-refractivity contribution in [3.8, 4) is 0 Å². The number of sulfone groups is 1. The van der Waals surface area contributed by atoms with Crippen LogP contribution in [0.5, 0.6) is 0 Å². The highest BCUT2D eigenvalue weighted by molar-refractivity contribution is 7.90. The van der Waals surface area contributed by atoms with Crippen LogP contribution < -0.4 is 0 Å². The zero-order chi connectivity index (χ0) is 14.8. The van der Waals surface area contributed by atoms with Gasteiger partial charge in [-0.25, -0.2) is 8.42 Å². The summed E-state index contributed by atoms with van der Waals surface area (Å²) < 4.78 is 22.6. The third-order valence-electron chi connectivity index (χ3n) is 3.10. The number of rotatable bonds is 5. The van der Waals surface area contributed by atoms with Gasteiger partial charge in [-0.15, -0.1) is 11.3 Å². The van der Waals surface area contributed by atoms with E-state index in [1.807, 2.05) is 25.3 Å². The molecule has 0 spiro atoms. The monoisotopic (exact) mass is 303 g/mol. The van der Waals surface area contributed by atoms with Gasteiger partial charge >= 0.3 is 0 Å². The summed E-state index contributed by atoms with van der Waals surface area (Å²) in [6.07, 6.45) is 1.29. The molecule has 0 radical (unpaired) electrons. The normalized spacial score (nSPS) is 14.9. The fourth-order valence-corrected chi connectivity index (χ4v) is 4.09. The molecule has 0 fully saturated rings. The predicted octanol–water partition coefficient (Wildman–Crippen LogP) is 2.91. The quantitative estimate of drug-likeness (QED) is 0.839. The van der Waals surface area contributed by atoms with Crippen molar-refractivity contribution in [2.24, 2.45) is 0 Å². The lowest BCUT2D eigenvalue weighted by Crippen LogP contribution is -2.34. The van der Waals surface area contributed by atoms with E-state index >= 15 is 0 Å². The maximum atomic E-state index is 11.3. The minimum absolute atomic E-state index is 0.0372. The molecular weight excluding hydrogens is 278 g/mol. The molecule has 0 bridgehead atoms. The van der Waals surface area contributed by atoms with Gasteiger partial charge in [0.2, 0.25) is 0 Å². The maximum absolute atomic E-state index is 11.3. The van der Waals surface area contributed by atoms with Gasteiger partial charge in [-0.2, -0.15) is 0 Å². The Morgan fingerprint density at radius 1 is 1.32 bits per heavy atom. The van der Waals surface area contributed by atoms with E-state index in [1.54, 1.807) is 0 Å². The molecule has 5 heteroatoms. The number of hydrogen-bond donors (Lipinski definition) is 0. The summed E-state index contributed by atoms with van der Waals surface area (Å²) in [6.45, 7) is 9.38. The summed E-state index contributed by atoms with van der Waals surface area (Å²) in [5.74, 6) is 0.209. The van der Waals surface area contributed by atoms with E-state index in [2.05, 4.69) is 37.8 Å². The van der Waals surface area contributed by atoms with Crippen molar-refractivity contribution in [2.75, 3.05) is 19.1 Å². The Morgan fingerprint density at radius 3 is 2.32 bits per heavy atom. The number of thiophene rings is 1. The third kappa shape index (κ3) is 5.63. The standard InChI is InChI=1S/C14H25NO2S2/c1-11(10-19(6,16)17)15(5)9-12-7-8-13(18-12)14(2,3)4/h7-8,11H,9-10H2,1-6H3/t11-/m0/s1. The molecule has 0 aliphatic heterocycles. The van der Waals surface area contributed by atoms with Crippen molar-refractivity contribution in [1.82, 2.24) is 4.90 Å². The lowest BCUT2D eigenvalue weighted by molar-refractivity contribution is 0.269. The van der Waals surface area contributed by atoms with Crippen LogP contribution in [0.4, 0.5) is 0 Å². The molecule has 0 aromatic carbocycles. The minimum Gasteiger partial charge on any atom is -0.298 e. The van der Waals surface area contributed by atoms with Gasteiger partial charge in [0, 0.05) is 28.6 Å². The van der Waals surface area contributed by atoms with Gasteiger partial charge in [0.05, 0.1) is 5.75 Å². The molecule has 0 aliphatic carbocycles. The molecule has 0 saturated carbocycles.